The van der Waals surface area contributed by atoms with Crippen molar-refractivity contribution in [3.05, 3.63) is 18.3 Å². The largest absolute Gasteiger partial charge is 0.480 e. The first-order valence-electron chi connectivity index (χ1n) is 8.24. The molecule has 0 spiro atoms. The van der Waals surface area contributed by atoms with E-state index in [-0.39, 0.29) is 11.4 Å². The molecule has 1 aromatic heterocycles. The van der Waals surface area contributed by atoms with Crippen molar-refractivity contribution in [1.82, 2.24) is 15.2 Å². The summed E-state index contributed by atoms with van der Waals surface area (Å²) in [5, 5.41) is 5.32. The fourth-order valence-electron chi connectivity index (χ4n) is 3.14. The Hall–Kier alpha value is -2.15. The molecule has 2 rings (SSSR count). The van der Waals surface area contributed by atoms with Gasteiger partial charge < -0.3 is 20.3 Å². The number of ether oxygens (including phenoxy) is 1. The van der Waals surface area contributed by atoms with Crippen LogP contribution in [0.2, 0.25) is 0 Å². The fraction of sp³-hybridized carbons (Fsp3) is 0.588. The number of hydrogen-bond donors (Lipinski definition) is 2. The molecule has 24 heavy (non-hydrogen) atoms. The summed E-state index contributed by atoms with van der Waals surface area (Å²) in [7, 11) is 5.51. The Morgan fingerprint density at radius 3 is 2.58 bits per heavy atom. The monoisotopic (exact) mass is 334 g/mol. The Balaban J connectivity index is 1.95. The highest BCUT2D eigenvalue weighted by atomic mass is 16.5. The summed E-state index contributed by atoms with van der Waals surface area (Å²) in [5.41, 5.74) is 0.306. The number of likely N-dealkylation sites (N-methyl/N-ethyl adjacent to an activating group) is 1. The highest BCUT2D eigenvalue weighted by Crippen LogP contribution is 2.31. The normalized spacial score (nSPS) is 16.5. The molecule has 2 amide bonds. The third kappa shape index (κ3) is 4.23. The standard InChI is InChI=1S/C17H26N4O3/c1-21(2)17(9-5-4-6-10-17)12-19-14(22)15(23)20-13-8-7-11-18-16(13)24-3/h7-8,11H,4-6,9-10,12H2,1-3H3,(H,19,22)(H,20,23). The van der Waals surface area contributed by atoms with Crippen LogP contribution in [0, 0.1) is 0 Å². The summed E-state index contributed by atoms with van der Waals surface area (Å²) >= 11 is 0. The zero-order valence-corrected chi connectivity index (χ0v) is 14.6. The van der Waals surface area contributed by atoms with E-state index in [9.17, 15) is 9.59 Å². The lowest BCUT2D eigenvalue weighted by molar-refractivity contribution is -0.136. The van der Waals surface area contributed by atoms with Gasteiger partial charge in [-0.05, 0) is 39.1 Å². The molecule has 2 N–H and O–H groups in total. The molecule has 7 heteroatoms. The number of amides is 2. The van der Waals surface area contributed by atoms with E-state index in [0.717, 1.165) is 25.7 Å². The molecule has 1 heterocycles. The van der Waals surface area contributed by atoms with E-state index in [1.165, 1.54) is 13.5 Å². The lowest BCUT2D eigenvalue weighted by Crippen LogP contribution is -2.55. The quantitative estimate of drug-likeness (QED) is 0.796. The van der Waals surface area contributed by atoms with Gasteiger partial charge in [0.25, 0.3) is 0 Å². The average Bonchev–Trinajstić information content (AvgIpc) is 2.60. The molecule has 1 aliphatic carbocycles. The van der Waals surface area contributed by atoms with Crippen LogP contribution in [0.5, 0.6) is 5.88 Å². The third-order valence-corrected chi connectivity index (χ3v) is 4.73. The average molecular weight is 334 g/mol. The maximum atomic E-state index is 12.2. The van der Waals surface area contributed by atoms with Crippen molar-refractivity contribution in [2.45, 2.75) is 37.6 Å². The number of aromatic nitrogens is 1. The topological polar surface area (TPSA) is 83.6 Å². The third-order valence-electron chi connectivity index (χ3n) is 4.73. The minimum absolute atomic E-state index is 0.0693. The van der Waals surface area contributed by atoms with Crippen molar-refractivity contribution >= 4 is 17.5 Å². The molecular weight excluding hydrogens is 308 g/mol. The summed E-state index contributed by atoms with van der Waals surface area (Å²) in [4.78, 5) is 30.4. The maximum absolute atomic E-state index is 12.2. The fourth-order valence-corrected chi connectivity index (χ4v) is 3.14. The Bertz CT molecular complexity index is 583. The van der Waals surface area contributed by atoms with Gasteiger partial charge in [0.1, 0.15) is 5.69 Å². The second kappa shape index (κ2) is 8.10. The second-order valence-electron chi connectivity index (χ2n) is 6.38. The first-order valence-corrected chi connectivity index (χ1v) is 8.24. The van der Waals surface area contributed by atoms with Crippen LogP contribution in [0.4, 0.5) is 5.69 Å². The van der Waals surface area contributed by atoms with Gasteiger partial charge in [-0.25, -0.2) is 4.98 Å². The predicted octanol–water partition coefficient (Wildman–Crippen LogP) is 1.41. The molecule has 1 aliphatic rings. The summed E-state index contributed by atoms with van der Waals surface area (Å²) < 4.78 is 5.06. The van der Waals surface area contributed by atoms with Gasteiger partial charge in [0.15, 0.2) is 0 Å². The van der Waals surface area contributed by atoms with Crippen LogP contribution in [0.3, 0.4) is 0 Å². The highest BCUT2D eigenvalue weighted by molar-refractivity contribution is 6.39. The molecule has 7 nitrogen and oxygen atoms in total. The van der Waals surface area contributed by atoms with Gasteiger partial charge in [0.2, 0.25) is 5.88 Å². The van der Waals surface area contributed by atoms with E-state index < -0.39 is 11.8 Å². The summed E-state index contributed by atoms with van der Waals surface area (Å²) in [5.74, 6) is -1.09. The second-order valence-corrected chi connectivity index (χ2v) is 6.38. The molecule has 0 unspecified atom stereocenters. The van der Waals surface area contributed by atoms with Crippen LogP contribution in [-0.4, -0.2) is 55.0 Å². The van der Waals surface area contributed by atoms with Crippen molar-refractivity contribution in [1.29, 1.82) is 0 Å². The van der Waals surface area contributed by atoms with Crippen molar-refractivity contribution < 1.29 is 14.3 Å². The van der Waals surface area contributed by atoms with Crippen LogP contribution in [0.15, 0.2) is 18.3 Å². The lowest BCUT2D eigenvalue weighted by Gasteiger charge is -2.43. The zero-order valence-electron chi connectivity index (χ0n) is 14.6. The van der Waals surface area contributed by atoms with Crippen LogP contribution in [-0.2, 0) is 9.59 Å². The summed E-state index contributed by atoms with van der Waals surface area (Å²) in [6.45, 7) is 0.469. The van der Waals surface area contributed by atoms with Crippen molar-refractivity contribution in [2.24, 2.45) is 0 Å². The van der Waals surface area contributed by atoms with Crippen molar-refractivity contribution in [3.63, 3.8) is 0 Å². The number of nitrogens with one attached hydrogen (secondary N) is 2. The Morgan fingerprint density at radius 2 is 1.96 bits per heavy atom. The number of anilines is 1. The highest BCUT2D eigenvalue weighted by Gasteiger charge is 2.35. The number of methoxy groups -OCH3 is 1. The van der Waals surface area contributed by atoms with Crippen LogP contribution < -0.4 is 15.4 Å². The molecule has 0 bridgehead atoms. The number of hydrogen-bond acceptors (Lipinski definition) is 5. The molecule has 1 saturated carbocycles. The number of carbonyl (C=O) groups excluding carboxylic acids is 2. The van der Waals surface area contributed by atoms with Gasteiger partial charge in [0, 0.05) is 18.3 Å². The van der Waals surface area contributed by atoms with Gasteiger partial charge in [-0.1, -0.05) is 19.3 Å². The number of carbonyl (C=O) groups is 2. The smallest absolute Gasteiger partial charge is 0.313 e. The van der Waals surface area contributed by atoms with Gasteiger partial charge in [-0.15, -0.1) is 0 Å². The number of rotatable bonds is 5. The first-order chi connectivity index (χ1) is 11.5. The Labute approximate surface area is 142 Å². The first kappa shape index (κ1) is 18.2. The SMILES string of the molecule is COc1ncccc1NC(=O)C(=O)NCC1(N(C)C)CCCCC1. The van der Waals surface area contributed by atoms with E-state index in [0.29, 0.717) is 12.2 Å². The molecular formula is C17H26N4O3. The summed E-state index contributed by atoms with van der Waals surface area (Å²) in [6, 6.07) is 3.30. The minimum atomic E-state index is -0.717. The maximum Gasteiger partial charge on any atom is 0.313 e. The van der Waals surface area contributed by atoms with Gasteiger partial charge in [-0.2, -0.15) is 0 Å². The molecule has 0 radical (unpaired) electrons. The Kier molecular flexibility index (Phi) is 6.14. The van der Waals surface area contributed by atoms with E-state index >= 15 is 0 Å². The van der Waals surface area contributed by atoms with Crippen LogP contribution >= 0.6 is 0 Å². The van der Waals surface area contributed by atoms with Gasteiger partial charge >= 0.3 is 11.8 Å². The predicted molar refractivity (Wildman–Crippen MR) is 91.9 cm³/mol. The van der Waals surface area contributed by atoms with Gasteiger partial charge in [-0.3, -0.25) is 9.59 Å². The molecule has 1 fully saturated rings. The minimum Gasteiger partial charge on any atom is -0.480 e. The molecule has 1 aromatic rings. The summed E-state index contributed by atoms with van der Waals surface area (Å²) in [6.07, 6.45) is 7.13. The number of nitrogens with zero attached hydrogens (tertiary/aromatic N) is 2. The molecule has 0 aromatic carbocycles. The van der Waals surface area contributed by atoms with E-state index in [1.54, 1.807) is 18.3 Å². The molecule has 0 aliphatic heterocycles. The van der Waals surface area contributed by atoms with E-state index in [1.807, 2.05) is 14.1 Å². The lowest BCUT2D eigenvalue weighted by atomic mass is 9.80. The van der Waals surface area contributed by atoms with Crippen molar-refractivity contribution in [3.8, 4) is 5.88 Å². The van der Waals surface area contributed by atoms with E-state index in [2.05, 4.69) is 20.5 Å². The molecule has 0 atom stereocenters. The zero-order chi connectivity index (χ0) is 17.6. The van der Waals surface area contributed by atoms with Crippen LogP contribution in [0.1, 0.15) is 32.1 Å². The van der Waals surface area contributed by atoms with E-state index in [4.69, 9.17) is 4.74 Å². The molecule has 0 saturated heterocycles. The Morgan fingerprint density at radius 1 is 1.25 bits per heavy atom. The van der Waals surface area contributed by atoms with Crippen molar-refractivity contribution in [2.75, 3.05) is 33.1 Å². The molecule has 132 valence electrons. The van der Waals surface area contributed by atoms with Crippen LogP contribution in [0.25, 0.3) is 0 Å². The number of pyridine rings is 1. The van der Waals surface area contributed by atoms with Gasteiger partial charge in [0.05, 0.1) is 7.11 Å².